The van der Waals surface area contributed by atoms with E-state index in [0.29, 0.717) is 18.8 Å². The number of aromatic nitrogens is 4. The van der Waals surface area contributed by atoms with E-state index in [4.69, 9.17) is 0 Å². The number of rotatable bonds is 8. The molecule has 0 aliphatic rings. The summed E-state index contributed by atoms with van der Waals surface area (Å²) in [5, 5.41) is 0.129. The Morgan fingerprint density at radius 2 is 2.25 bits per heavy atom. The molecule has 0 aliphatic heterocycles. The van der Waals surface area contributed by atoms with Gasteiger partial charge >= 0.3 is 0 Å². The van der Waals surface area contributed by atoms with Gasteiger partial charge < -0.3 is 9.55 Å². The van der Waals surface area contributed by atoms with E-state index >= 15 is 0 Å². The molecule has 0 saturated carbocycles. The molecule has 0 saturated heterocycles. The van der Waals surface area contributed by atoms with Gasteiger partial charge in [0.05, 0.1) is 12.5 Å². The van der Waals surface area contributed by atoms with Crippen LogP contribution in [0.25, 0.3) is 0 Å². The molecular weight excluding hydrogens is 278 g/mol. The van der Waals surface area contributed by atoms with E-state index in [9.17, 15) is 8.42 Å². The van der Waals surface area contributed by atoms with Crippen molar-refractivity contribution in [2.24, 2.45) is 0 Å². The Labute approximate surface area is 118 Å². The van der Waals surface area contributed by atoms with Crippen molar-refractivity contribution in [3.8, 4) is 0 Å². The van der Waals surface area contributed by atoms with Gasteiger partial charge in [-0.25, -0.2) is 23.1 Å². The third kappa shape index (κ3) is 3.91. The van der Waals surface area contributed by atoms with Gasteiger partial charge in [-0.3, -0.25) is 0 Å². The number of sulfonamides is 1. The Hall–Kier alpha value is -1.67. The second kappa shape index (κ2) is 6.67. The zero-order valence-electron chi connectivity index (χ0n) is 11.4. The number of hydrogen-bond donors (Lipinski definition) is 2. The lowest BCUT2D eigenvalue weighted by atomic mass is 10.3. The fraction of sp³-hybridized carbons (Fsp3) is 0.500. The van der Waals surface area contributed by atoms with Gasteiger partial charge in [0.1, 0.15) is 5.82 Å². The van der Waals surface area contributed by atoms with Crippen LogP contribution in [0.1, 0.15) is 25.6 Å². The molecule has 2 heterocycles. The summed E-state index contributed by atoms with van der Waals surface area (Å²) in [6.45, 7) is 3.17. The average Bonchev–Trinajstić information content (AvgIpc) is 3.09. The quantitative estimate of drug-likeness (QED) is 0.709. The molecule has 0 fully saturated rings. The van der Waals surface area contributed by atoms with E-state index in [1.54, 1.807) is 12.5 Å². The highest BCUT2D eigenvalue weighted by Crippen LogP contribution is 2.06. The Balaban J connectivity index is 1.75. The van der Waals surface area contributed by atoms with Gasteiger partial charge in [-0.1, -0.05) is 6.92 Å². The monoisotopic (exact) mass is 297 g/mol. The van der Waals surface area contributed by atoms with Crippen LogP contribution in [0, 0.1) is 0 Å². The van der Waals surface area contributed by atoms with Crippen LogP contribution >= 0.6 is 0 Å². The van der Waals surface area contributed by atoms with E-state index in [1.807, 2.05) is 17.7 Å². The van der Waals surface area contributed by atoms with Crippen LogP contribution in [0.4, 0.5) is 0 Å². The molecule has 2 aromatic rings. The van der Waals surface area contributed by atoms with E-state index in [1.165, 1.54) is 6.20 Å². The first-order chi connectivity index (χ1) is 9.62. The number of aromatic amines is 1. The molecule has 110 valence electrons. The van der Waals surface area contributed by atoms with Crippen LogP contribution in [0.5, 0.6) is 0 Å². The SMILES string of the molecule is CCc1ncc(S(=O)(=O)NCCCCn2ccnc2)[nH]1. The summed E-state index contributed by atoms with van der Waals surface area (Å²) in [5.41, 5.74) is 0. The molecule has 0 amide bonds. The van der Waals surface area contributed by atoms with E-state index < -0.39 is 10.0 Å². The lowest BCUT2D eigenvalue weighted by Gasteiger charge is -2.05. The van der Waals surface area contributed by atoms with E-state index in [-0.39, 0.29) is 5.03 Å². The van der Waals surface area contributed by atoms with Crippen molar-refractivity contribution < 1.29 is 8.42 Å². The highest BCUT2D eigenvalue weighted by atomic mass is 32.2. The number of nitrogens with one attached hydrogen (secondary N) is 2. The minimum Gasteiger partial charge on any atom is -0.337 e. The van der Waals surface area contributed by atoms with Crippen LogP contribution in [-0.4, -0.2) is 34.5 Å². The summed E-state index contributed by atoms with van der Waals surface area (Å²) in [5.74, 6) is 0.672. The van der Waals surface area contributed by atoms with Gasteiger partial charge in [0, 0.05) is 31.9 Å². The minimum atomic E-state index is -3.47. The topological polar surface area (TPSA) is 92.7 Å². The molecule has 20 heavy (non-hydrogen) atoms. The zero-order valence-corrected chi connectivity index (χ0v) is 12.2. The van der Waals surface area contributed by atoms with Crippen molar-refractivity contribution >= 4 is 10.0 Å². The molecule has 2 N–H and O–H groups in total. The van der Waals surface area contributed by atoms with Crippen LogP contribution < -0.4 is 4.72 Å². The first-order valence-electron chi connectivity index (χ1n) is 6.61. The standard InChI is InChI=1S/C12H19N5O2S/c1-2-11-14-9-12(16-11)20(18,19)15-5-3-4-7-17-8-6-13-10-17/h6,8-10,15H,2-5,7H2,1H3,(H,14,16). The van der Waals surface area contributed by atoms with Crippen molar-refractivity contribution in [1.29, 1.82) is 0 Å². The fourth-order valence-corrected chi connectivity index (χ4v) is 2.79. The van der Waals surface area contributed by atoms with Crippen molar-refractivity contribution in [2.45, 2.75) is 37.8 Å². The van der Waals surface area contributed by atoms with Gasteiger partial charge in [0.15, 0.2) is 5.03 Å². The predicted octanol–water partition coefficient (Wildman–Crippen LogP) is 0.927. The molecule has 0 bridgehead atoms. The first kappa shape index (κ1) is 14.7. The molecule has 0 aromatic carbocycles. The summed E-state index contributed by atoms with van der Waals surface area (Å²) in [6, 6.07) is 0. The molecule has 0 radical (unpaired) electrons. The fourth-order valence-electron chi connectivity index (χ4n) is 1.78. The Morgan fingerprint density at radius 1 is 1.40 bits per heavy atom. The smallest absolute Gasteiger partial charge is 0.257 e. The predicted molar refractivity (Wildman–Crippen MR) is 74.6 cm³/mol. The molecule has 7 nitrogen and oxygen atoms in total. The molecule has 8 heteroatoms. The van der Waals surface area contributed by atoms with E-state index in [2.05, 4.69) is 19.7 Å². The maximum atomic E-state index is 12.0. The number of hydrogen-bond acceptors (Lipinski definition) is 4. The van der Waals surface area contributed by atoms with Crippen molar-refractivity contribution in [1.82, 2.24) is 24.2 Å². The lowest BCUT2D eigenvalue weighted by Crippen LogP contribution is -2.25. The Morgan fingerprint density at radius 3 is 2.90 bits per heavy atom. The molecule has 0 atom stereocenters. The third-order valence-electron chi connectivity index (χ3n) is 2.92. The van der Waals surface area contributed by atoms with Crippen LogP contribution in [0.3, 0.4) is 0 Å². The van der Waals surface area contributed by atoms with Gasteiger partial charge in [0.2, 0.25) is 0 Å². The average molecular weight is 297 g/mol. The normalized spacial score (nSPS) is 11.8. The number of H-pyrrole nitrogens is 1. The summed E-state index contributed by atoms with van der Waals surface area (Å²) < 4.78 is 28.4. The van der Waals surface area contributed by atoms with Crippen LogP contribution in [0.2, 0.25) is 0 Å². The lowest BCUT2D eigenvalue weighted by molar-refractivity contribution is 0.563. The third-order valence-corrected chi connectivity index (χ3v) is 4.29. The second-order valence-electron chi connectivity index (χ2n) is 4.45. The molecule has 2 rings (SSSR count). The number of imidazole rings is 2. The second-order valence-corrected chi connectivity index (χ2v) is 6.19. The van der Waals surface area contributed by atoms with Gasteiger partial charge in [-0.05, 0) is 12.8 Å². The number of unbranched alkanes of at least 4 members (excludes halogenated alkanes) is 1. The molecule has 0 spiro atoms. The molecule has 0 aliphatic carbocycles. The van der Waals surface area contributed by atoms with Crippen LogP contribution in [0.15, 0.2) is 29.9 Å². The van der Waals surface area contributed by atoms with Gasteiger partial charge in [-0.15, -0.1) is 0 Å². The highest BCUT2D eigenvalue weighted by Gasteiger charge is 2.15. The van der Waals surface area contributed by atoms with Crippen molar-refractivity contribution in [2.75, 3.05) is 6.54 Å². The molecule has 2 aromatic heterocycles. The summed E-state index contributed by atoms with van der Waals surface area (Å²) >= 11 is 0. The Kier molecular flexibility index (Phi) is 4.91. The summed E-state index contributed by atoms with van der Waals surface area (Å²) in [7, 11) is -3.47. The largest absolute Gasteiger partial charge is 0.337 e. The van der Waals surface area contributed by atoms with Crippen LogP contribution in [-0.2, 0) is 23.0 Å². The van der Waals surface area contributed by atoms with Gasteiger partial charge in [-0.2, -0.15) is 0 Å². The van der Waals surface area contributed by atoms with Crippen molar-refractivity contribution in [3.05, 3.63) is 30.7 Å². The maximum absolute atomic E-state index is 12.0. The highest BCUT2D eigenvalue weighted by molar-refractivity contribution is 7.89. The van der Waals surface area contributed by atoms with E-state index in [0.717, 1.165) is 19.4 Å². The maximum Gasteiger partial charge on any atom is 0.257 e. The zero-order chi connectivity index (χ0) is 14.4. The number of aryl methyl sites for hydroxylation is 2. The first-order valence-corrected chi connectivity index (χ1v) is 8.09. The summed E-state index contributed by atoms with van der Waals surface area (Å²) in [4.78, 5) is 10.7. The Bertz CT molecular complexity index is 618. The molecular formula is C12H19N5O2S. The van der Waals surface area contributed by atoms with Gasteiger partial charge in [0.25, 0.3) is 10.0 Å². The minimum absolute atomic E-state index is 0.129. The summed E-state index contributed by atoms with van der Waals surface area (Å²) in [6.07, 6.45) is 9.07. The number of nitrogens with zero attached hydrogens (tertiary/aromatic N) is 3. The molecule has 0 unspecified atom stereocenters. The van der Waals surface area contributed by atoms with Crippen molar-refractivity contribution in [3.63, 3.8) is 0 Å².